The molecule has 0 radical (unpaired) electrons. The van der Waals surface area contributed by atoms with Gasteiger partial charge in [-0.25, -0.2) is 4.98 Å². The second-order valence-corrected chi connectivity index (χ2v) is 8.58. The molecule has 3 aromatic rings. The van der Waals surface area contributed by atoms with Crippen LogP contribution in [0.1, 0.15) is 11.1 Å². The number of amides is 1. The predicted molar refractivity (Wildman–Crippen MR) is 114 cm³/mol. The van der Waals surface area contributed by atoms with Crippen molar-refractivity contribution in [3.8, 4) is 11.5 Å². The standard InChI is InChI=1S/C22H23N3O3S/c1-14-11-15(2)20-16(12-14)23-22(29-20)25-9-7-24(8-10-25)21(26)19-13-27-17-5-3-4-6-18(17)28-19/h3-6,11-12,19H,7-10,13H2,1-2H3/t19-/m1/s1. The first-order valence-electron chi connectivity index (χ1n) is 9.88. The normalized spacial score (nSPS) is 18.9. The minimum atomic E-state index is -0.579. The number of benzene rings is 2. The number of aryl methyl sites for hydroxylation is 2. The molecule has 3 heterocycles. The van der Waals surface area contributed by atoms with Crippen molar-refractivity contribution in [3.63, 3.8) is 0 Å². The van der Waals surface area contributed by atoms with Crippen molar-refractivity contribution in [1.29, 1.82) is 0 Å². The largest absolute Gasteiger partial charge is 0.485 e. The first kappa shape index (κ1) is 18.2. The van der Waals surface area contributed by atoms with Crippen LogP contribution in [0.4, 0.5) is 5.13 Å². The number of hydrogen-bond acceptors (Lipinski definition) is 6. The van der Waals surface area contributed by atoms with Crippen molar-refractivity contribution in [2.45, 2.75) is 20.0 Å². The van der Waals surface area contributed by atoms with E-state index in [1.54, 1.807) is 11.3 Å². The third-order valence-corrected chi connectivity index (χ3v) is 6.72. The Morgan fingerprint density at radius 1 is 1.10 bits per heavy atom. The number of aromatic nitrogens is 1. The average molecular weight is 410 g/mol. The molecule has 2 aliphatic rings. The summed E-state index contributed by atoms with van der Waals surface area (Å²) in [5.74, 6) is 1.33. The summed E-state index contributed by atoms with van der Waals surface area (Å²) in [5, 5.41) is 1.03. The number of fused-ring (bicyclic) bond motifs is 2. The summed E-state index contributed by atoms with van der Waals surface area (Å²) in [7, 11) is 0. The highest BCUT2D eigenvalue weighted by Crippen LogP contribution is 2.33. The Balaban J connectivity index is 1.25. The molecule has 2 aromatic carbocycles. The van der Waals surface area contributed by atoms with Gasteiger partial charge in [-0.05, 0) is 43.2 Å². The van der Waals surface area contributed by atoms with Gasteiger partial charge in [0.1, 0.15) is 6.61 Å². The number of hydrogen-bond donors (Lipinski definition) is 0. The molecular weight excluding hydrogens is 386 g/mol. The summed E-state index contributed by atoms with van der Waals surface area (Å²) in [6.45, 7) is 7.36. The van der Waals surface area contributed by atoms with Gasteiger partial charge in [-0.3, -0.25) is 4.79 Å². The van der Waals surface area contributed by atoms with Crippen LogP contribution < -0.4 is 14.4 Å². The Kier molecular flexibility index (Phi) is 4.54. The third-order valence-electron chi connectivity index (χ3n) is 5.45. The number of piperazine rings is 1. The van der Waals surface area contributed by atoms with E-state index in [1.807, 2.05) is 29.2 Å². The SMILES string of the molecule is Cc1cc(C)c2sc(N3CCN(C(=O)[C@H]4COc5ccccc5O4)CC3)nc2c1. The monoisotopic (exact) mass is 409 g/mol. The Labute approximate surface area is 173 Å². The summed E-state index contributed by atoms with van der Waals surface area (Å²) < 4.78 is 12.8. The number of carbonyl (C=O) groups is 1. The van der Waals surface area contributed by atoms with E-state index in [0.29, 0.717) is 24.6 Å². The van der Waals surface area contributed by atoms with Gasteiger partial charge in [0.15, 0.2) is 16.6 Å². The van der Waals surface area contributed by atoms with Crippen LogP contribution in [-0.2, 0) is 4.79 Å². The smallest absolute Gasteiger partial charge is 0.267 e. The average Bonchev–Trinajstić information content (AvgIpc) is 3.17. The van der Waals surface area contributed by atoms with E-state index in [0.717, 1.165) is 23.7 Å². The minimum Gasteiger partial charge on any atom is -0.485 e. The maximum absolute atomic E-state index is 12.9. The molecule has 1 aromatic heterocycles. The first-order valence-corrected chi connectivity index (χ1v) is 10.7. The van der Waals surface area contributed by atoms with E-state index in [1.165, 1.54) is 15.8 Å². The lowest BCUT2D eigenvalue weighted by molar-refractivity contribution is -0.141. The van der Waals surface area contributed by atoms with Gasteiger partial charge in [-0.2, -0.15) is 0 Å². The fourth-order valence-electron chi connectivity index (χ4n) is 3.96. The van der Waals surface area contributed by atoms with Gasteiger partial charge in [0.25, 0.3) is 5.91 Å². The fourth-order valence-corrected chi connectivity index (χ4v) is 5.03. The first-order chi connectivity index (χ1) is 14.1. The molecule has 0 N–H and O–H groups in total. The van der Waals surface area contributed by atoms with Gasteiger partial charge in [0.05, 0.1) is 10.2 Å². The van der Waals surface area contributed by atoms with Gasteiger partial charge in [-0.15, -0.1) is 0 Å². The van der Waals surface area contributed by atoms with Crippen molar-refractivity contribution in [3.05, 3.63) is 47.5 Å². The zero-order chi connectivity index (χ0) is 20.0. The maximum atomic E-state index is 12.9. The van der Waals surface area contributed by atoms with Gasteiger partial charge >= 0.3 is 0 Å². The van der Waals surface area contributed by atoms with Gasteiger partial charge in [0.2, 0.25) is 6.10 Å². The Hall–Kier alpha value is -2.80. The van der Waals surface area contributed by atoms with Crippen molar-refractivity contribution >= 4 is 32.6 Å². The Bertz CT molecular complexity index is 1070. The summed E-state index contributed by atoms with van der Waals surface area (Å²) in [5.41, 5.74) is 3.57. The van der Waals surface area contributed by atoms with E-state index in [-0.39, 0.29) is 12.5 Å². The van der Waals surface area contributed by atoms with Crippen LogP contribution in [0.3, 0.4) is 0 Å². The lowest BCUT2D eigenvalue weighted by atomic mass is 10.1. The van der Waals surface area contributed by atoms with Gasteiger partial charge in [-0.1, -0.05) is 29.5 Å². The molecule has 1 atom stereocenters. The van der Waals surface area contributed by atoms with E-state index < -0.39 is 6.10 Å². The highest BCUT2D eigenvalue weighted by molar-refractivity contribution is 7.22. The van der Waals surface area contributed by atoms with Crippen LogP contribution in [0.2, 0.25) is 0 Å². The van der Waals surface area contributed by atoms with E-state index in [4.69, 9.17) is 14.5 Å². The van der Waals surface area contributed by atoms with Crippen LogP contribution in [0.5, 0.6) is 11.5 Å². The van der Waals surface area contributed by atoms with Crippen LogP contribution in [0, 0.1) is 13.8 Å². The molecule has 0 spiro atoms. The lowest BCUT2D eigenvalue weighted by Crippen LogP contribution is -2.54. The Morgan fingerprint density at radius 2 is 1.86 bits per heavy atom. The summed E-state index contributed by atoms with van der Waals surface area (Å²) in [6.07, 6.45) is -0.579. The second kappa shape index (κ2) is 7.22. The summed E-state index contributed by atoms with van der Waals surface area (Å²) in [6, 6.07) is 11.8. The number of anilines is 1. The van der Waals surface area contributed by atoms with Crippen molar-refractivity contribution < 1.29 is 14.3 Å². The van der Waals surface area contributed by atoms with E-state index in [2.05, 4.69) is 30.9 Å². The fraction of sp³-hybridized carbons (Fsp3) is 0.364. The molecule has 0 aliphatic carbocycles. The number of rotatable bonds is 2. The number of thiazole rings is 1. The highest BCUT2D eigenvalue weighted by atomic mass is 32.1. The summed E-state index contributed by atoms with van der Waals surface area (Å²) in [4.78, 5) is 21.9. The van der Waals surface area contributed by atoms with Gasteiger partial charge < -0.3 is 19.3 Å². The number of para-hydroxylation sites is 2. The molecule has 2 aliphatic heterocycles. The number of nitrogens with zero attached hydrogens (tertiary/aromatic N) is 3. The lowest BCUT2D eigenvalue weighted by Gasteiger charge is -2.37. The molecule has 1 saturated heterocycles. The van der Waals surface area contributed by atoms with Crippen molar-refractivity contribution in [1.82, 2.24) is 9.88 Å². The topological polar surface area (TPSA) is 54.9 Å². The predicted octanol–water partition coefficient (Wildman–Crippen LogP) is 3.40. The Morgan fingerprint density at radius 3 is 2.66 bits per heavy atom. The molecular formula is C22H23N3O3S. The number of ether oxygens (including phenoxy) is 2. The number of carbonyl (C=O) groups excluding carboxylic acids is 1. The molecule has 29 heavy (non-hydrogen) atoms. The molecule has 1 fully saturated rings. The van der Waals surface area contributed by atoms with Gasteiger partial charge in [0, 0.05) is 26.2 Å². The van der Waals surface area contributed by atoms with Crippen LogP contribution >= 0.6 is 11.3 Å². The summed E-state index contributed by atoms with van der Waals surface area (Å²) >= 11 is 1.74. The molecule has 0 unspecified atom stereocenters. The molecule has 1 amide bonds. The third kappa shape index (κ3) is 3.40. The molecule has 6 nitrogen and oxygen atoms in total. The van der Waals surface area contributed by atoms with Crippen LogP contribution in [0.15, 0.2) is 36.4 Å². The van der Waals surface area contributed by atoms with Crippen LogP contribution in [-0.4, -0.2) is 54.7 Å². The van der Waals surface area contributed by atoms with E-state index in [9.17, 15) is 4.79 Å². The zero-order valence-electron chi connectivity index (χ0n) is 16.6. The molecule has 7 heteroatoms. The van der Waals surface area contributed by atoms with E-state index >= 15 is 0 Å². The molecule has 150 valence electrons. The van der Waals surface area contributed by atoms with Crippen molar-refractivity contribution in [2.24, 2.45) is 0 Å². The minimum absolute atomic E-state index is 0.00470. The molecule has 0 bridgehead atoms. The van der Waals surface area contributed by atoms with Crippen molar-refractivity contribution in [2.75, 3.05) is 37.7 Å². The highest BCUT2D eigenvalue weighted by Gasteiger charge is 2.33. The van der Waals surface area contributed by atoms with Crippen LogP contribution in [0.25, 0.3) is 10.2 Å². The second-order valence-electron chi connectivity index (χ2n) is 7.60. The molecule has 0 saturated carbocycles. The zero-order valence-corrected chi connectivity index (χ0v) is 17.4. The quantitative estimate of drug-likeness (QED) is 0.649. The molecule has 5 rings (SSSR count). The maximum Gasteiger partial charge on any atom is 0.267 e.